The third kappa shape index (κ3) is 3.01. The fourth-order valence-corrected chi connectivity index (χ4v) is 3.17. The minimum Gasteiger partial charge on any atom is -0.322 e. The quantitative estimate of drug-likeness (QED) is 0.779. The maximum absolute atomic E-state index is 12.9. The second-order valence-electron chi connectivity index (χ2n) is 6.28. The average molecular weight is 348 g/mol. The van der Waals surface area contributed by atoms with Gasteiger partial charge in [0, 0.05) is 29.8 Å². The van der Waals surface area contributed by atoms with Crippen molar-refractivity contribution in [3.05, 3.63) is 77.9 Å². The van der Waals surface area contributed by atoms with Crippen LogP contribution in [0, 0.1) is 5.82 Å². The fraction of sp³-hybridized carbons (Fsp3) is 0.150. The lowest BCUT2D eigenvalue weighted by Gasteiger charge is -2.22. The van der Waals surface area contributed by atoms with E-state index < -0.39 is 0 Å². The molecule has 1 N–H and O–H groups in total. The molecule has 1 aromatic heterocycles. The van der Waals surface area contributed by atoms with Crippen LogP contribution >= 0.6 is 0 Å². The van der Waals surface area contributed by atoms with Crippen LogP contribution in [-0.2, 0) is 6.42 Å². The molecule has 2 aromatic carbocycles. The first kappa shape index (κ1) is 16.2. The van der Waals surface area contributed by atoms with E-state index in [1.807, 2.05) is 12.1 Å². The topological polar surface area (TPSA) is 58.1 Å². The summed E-state index contributed by atoms with van der Waals surface area (Å²) in [5.41, 5.74) is 3.23. The molecule has 5 nitrogen and oxygen atoms in total. The SMILES string of the molecule is CC1Cc2ccccc2N1c1ncc(C(=O)Nc2ccc(F)cc2)cn1. The summed E-state index contributed by atoms with van der Waals surface area (Å²) in [6.45, 7) is 2.12. The van der Waals surface area contributed by atoms with Crippen molar-refractivity contribution in [2.45, 2.75) is 19.4 Å². The van der Waals surface area contributed by atoms with E-state index in [9.17, 15) is 9.18 Å². The number of para-hydroxylation sites is 1. The molecule has 130 valence electrons. The molecule has 3 aromatic rings. The van der Waals surface area contributed by atoms with E-state index in [1.165, 1.54) is 42.2 Å². The summed E-state index contributed by atoms with van der Waals surface area (Å²) in [7, 11) is 0. The van der Waals surface area contributed by atoms with Crippen LogP contribution in [0.5, 0.6) is 0 Å². The van der Waals surface area contributed by atoms with Crippen molar-refractivity contribution in [2.24, 2.45) is 0 Å². The molecule has 26 heavy (non-hydrogen) atoms. The zero-order valence-corrected chi connectivity index (χ0v) is 14.2. The Bertz CT molecular complexity index is 941. The van der Waals surface area contributed by atoms with Crippen LogP contribution < -0.4 is 10.2 Å². The summed E-state index contributed by atoms with van der Waals surface area (Å²) in [4.78, 5) is 23.1. The third-order valence-corrected chi connectivity index (χ3v) is 4.43. The molecule has 1 aliphatic rings. The highest BCUT2D eigenvalue weighted by Crippen LogP contribution is 2.36. The Balaban J connectivity index is 1.53. The summed E-state index contributed by atoms with van der Waals surface area (Å²) in [6.07, 6.45) is 3.95. The second-order valence-corrected chi connectivity index (χ2v) is 6.28. The number of halogens is 1. The van der Waals surface area contributed by atoms with E-state index in [0.717, 1.165) is 12.1 Å². The number of rotatable bonds is 3. The molecule has 0 aliphatic carbocycles. The highest BCUT2D eigenvalue weighted by Gasteiger charge is 2.28. The molecule has 1 aliphatic heterocycles. The molecule has 0 fully saturated rings. The summed E-state index contributed by atoms with van der Waals surface area (Å²) >= 11 is 0. The number of nitrogens with zero attached hydrogens (tertiary/aromatic N) is 3. The van der Waals surface area contributed by atoms with Gasteiger partial charge in [0.25, 0.3) is 5.91 Å². The summed E-state index contributed by atoms with van der Waals surface area (Å²) in [6, 6.07) is 14.0. The van der Waals surface area contributed by atoms with E-state index in [2.05, 4.69) is 39.2 Å². The van der Waals surface area contributed by atoms with Gasteiger partial charge in [-0.2, -0.15) is 0 Å². The molecular formula is C20H17FN4O. The smallest absolute Gasteiger partial charge is 0.258 e. The normalized spacial score (nSPS) is 15.6. The summed E-state index contributed by atoms with van der Waals surface area (Å²) in [5, 5.41) is 2.70. The van der Waals surface area contributed by atoms with Crippen LogP contribution in [0.25, 0.3) is 0 Å². The molecule has 2 heterocycles. The van der Waals surface area contributed by atoms with Crippen molar-refractivity contribution in [2.75, 3.05) is 10.2 Å². The minimum atomic E-state index is -0.351. The molecule has 0 radical (unpaired) electrons. The van der Waals surface area contributed by atoms with Gasteiger partial charge in [0.2, 0.25) is 5.95 Å². The molecular weight excluding hydrogens is 331 g/mol. The number of benzene rings is 2. The molecule has 0 bridgehead atoms. The van der Waals surface area contributed by atoms with Crippen LogP contribution in [0.15, 0.2) is 60.9 Å². The van der Waals surface area contributed by atoms with Crippen molar-refractivity contribution >= 4 is 23.2 Å². The fourth-order valence-electron chi connectivity index (χ4n) is 3.17. The molecule has 1 unspecified atom stereocenters. The van der Waals surface area contributed by atoms with E-state index in [-0.39, 0.29) is 17.8 Å². The van der Waals surface area contributed by atoms with Crippen LogP contribution in [0.2, 0.25) is 0 Å². The molecule has 1 atom stereocenters. The number of hydrogen-bond donors (Lipinski definition) is 1. The first-order chi connectivity index (χ1) is 12.6. The number of carbonyl (C=O) groups is 1. The second kappa shape index (κ2) is 6.55. The van der Waals surface area contributed by atoms with E-state index in [0.29, 0.717) is 17.2 Å². The number of amides is 1. The maximum atomic E-state index is 12.9. The number of hydrogen-bond acceptors (Lipinski definition) is 4. The Morgan fingerprint density at radius 1 is 1.12 bits per heavy atom. The Labute approximate surface area is 150 Å². The zero-order chi connectivity index (χ0) is 18.1. The monoisotopic (exact) mass is 348 g/mol. The predicted octanol–water partition coefficient (Wildman–Crippen LogP) is 3.95. The Hall–Kier alpha value is -3.28. The van der Waals surface area contributed by atoms with Crippen molar-refractivity contribution in [1.29, 1.82) is 0 Å². The van der Waals surface area contributed by atoms with E-state index in [1.54, 1.807) is 0 Å². The molecule has 0 saturated carbocycles. The number of anilines is 3. The van der Waals surface area contributed by atoms with Crippen LogP contribution in [0.3, 0.4) is 0 Å². The van der Waals surface area contributed by atoms with Crippen molar-refractivity contribution in [1.82, 2.24) is 9.97 Å². The third-order valence-electron chi connectivity index (χ3n) is 4.43. The molecule has 0 spiro atoms. The Kier molecular flexibility index (Phi) is 4.08. The molecule has 6 heteroatoms. The summed E-state index contributed by atoms with van der Waals surface area (Å²) < 4.78 is 12.9. The summed E-state index contributed by atoms with van der Waals surface area (Å²) in [5.74, 6) is -0.116. The number of fused-ring (bicyclic) bond motifs is 1. The van der Waals surface area contributed by atoms with Gasteiger partial charge < -0.3 is 10.2 Å². The van der Waals surface area contributed by atoms with Gasteiger partial charge in [0.1, 0.15) is 5.82 Å². The van der Waals surface area contributed by atoms with Gasteiger partial charge in [-0.15, -0.1) is 0 Å². The van der Waals surface area contributed by atoms with E-state index in [4.69, 9.17) is 0 Å². The number of nitrogens with one attached hydrogen (secondary N) is 1. The van der Waals surface area contributed by atoms with Gasteiger partial charge in [0.15, 0.2) is 0 Å². The minimum absolute atomic E-state index is 0.256. The highest BCUT2D eigenvalue weighted by atomic mass is 19.1. The van der Waals surface area contributed by atoms with Gasteiger partial charge in [-0.25, -0.2) is 14.4 Å². The van der Waals surface area contributed by atoms with Crippen molar-refractivity contribution in [3.63, 3.8) is 0 Å². The first-order valence-electron chi connectivity index (χ1n) is 8.38. The predicted molar refractivity (Wildman–Crippen MR) is 98.1 cm³/mol. The number of aromatic nitrogens is 2. The average Bonchev–Trinajstić information content (AvgIpc) is 2.99. The first-order valence-corrected chi connectivity index (χ1v) is 8.38. The largest absolute Gasteiger partial charge is 0.322 e. The lowest BCUT2D eigenvalue weighted by atomic mass is 10.1. The standard InChI is InChI=1S/C20H17FN4O/c1-13-10-14-4-2-3-5-18(14)25(13)20-22-11-15(12-23-20)19(26)24-17-8-6-16(21)7-9-17/h2-9,11-13H,10H2,1H3,(H,24,26). The molecule has 4 rings (SSSR count). The van der Waals surface area contributed by atoms with Gasteiger partial charge in [-0.3, -0.25) is 4.79 Å². The van der Waals surface area contributed by atoms with Crippen molar-refractivity contribution < 1.29 is 9.18 Å². The van der Waals surface area contributed by atoms with Gasteiger partial charge in [-0.1, -0.05) is 18.2 Å². The van der Waals surface area contributed by atoms with Gasteiger partial charge in [0.05, 0.1) is 5.56 Å². The maximum Gasteiger partial charge on any atom is 0.258 e. The Morgan fingerprint density at radius 2 is 1.81 bits per heavy atom. The molecule has 0 saturated heterocycles. The Morgan fingerprint density at radius 3 is 2.54 bits per heavy atom. The van der Waals surface area contributed by atoms with Crippen LogP contribution in [0.4, 0.5) is 21.7 Å². The lowest BCUT2D eigenvalue weighted by Crippen LogP contribution is -2.26. The molecule has 1 amide bonds. The van der Waals surface area contributed by atoms with Crippen molar-refractivity contribution in [3.8, 4) is 0 Å². The van der Waals surface area contributed by atoms with Crippen LogP contribution in [0.1, 0.15) is 22.8 Å². The van der Waals surface area contributed by atoms with E-state index >= 15 is 0 Å². The van der Waals surface area contributed by atoms with Crippen LogP contribution in [-0.4, -0.2) is 21.9 Å². The van der Waals surface area contributed by atoms with Gasteiger partial charge >= 0.3 is 0 Å². The highest BCUT2D eigenvalue weighted by molar-refractivity contribution is 6.03. The van der Waals surface area contributed by atoms with Gasteiger partial charge in [-0.05, 0) is 49.2 Å². The lowest BCUT2D eigenvalue weighted by molar-refractivity contribution is 0.102. The zero-order valence-electron chi connectivity index (χ0n) is 14.2. The number of carbonyl (C=O) groups excluding carboxylic acids is 1.